The number of rotatable bonds is 9. The number of furan rings is 1. The average Bonchev–Trinajstić information content (AvgIpc) is 3.38. The zero-order valence-electron chi connectivity index (χ0n) is 19.7. The van der Waals surface area contributed by atoms with Crippen LogP contribution < -0.4 is 19.5 Å². The first-order valence-electron chi connectivity index (χ1n) is 11.1. The zero-order chi connectivity index (χ0) is 24.4. The maximum absolute atomic E-state index is 13.7. The quantitative estimate of drug-likeness (QED) is 0.481. The van der Waals surface area contributed by atoms with Crippen molar-refractivity contribution in [3.63, 3.8) is 0 Å². The topological polar surface area (TPSA) is 96.5 Å². The van der Waals surface area contributed by atoms with Gasteiger partial charge in [-0.05, 0) is 24.0 Å². The van der Waals surface area contributed by atoms with Crippen LogP contribution in [0.2, 0.25) is 0 Å². The number of ether oxygens (including phenoxy) is 2. The number of Topliss-reactive ketones (excluding diaryl/α,β-unsaturated/α-hetero) is 1. The largest absolute Gasteiger partial charge is 0.868 e. The molecule has 0 saturated heterocycles. The molecular formula is C26H28N2O6. The molecule has 1 N–H and O–H groups in total. The van der Waals surface area contributed by atoms with Gasteiger partial charge in [0.2, 0.25) is 11.7 Å². The summed E-state index contributed by atoms with van der Waals surface area (Å²) < 4.78 is 16.7. The maximum atomic E-state index is 13.7. The third kappa shape index (κ3) is 4.12. The van der Waals surface area contributed by atoms with Crippen molar-refractivity contribution in [2.45, 2.75) is 12.5 Å². The van der Waals surface area contributed by atoms with Gasteiger partial charge in [0.15, 0.2) is 17.1 Å². The fourth-order valence-electron chi connectivity index (χ4n) is 4.36. The van der Waals surface area contributed by atoms with E-state index in [1.807, 2.05) is 14.1 Å². The number of ketones is 1. The Hall–Kier alpha value is -3.78. The summed E-state index contributed by atoms with van der Waals surface area (Å²) in [6, 6.07) is 13.1. The number of nitrogens with zero attached hydrogens (tertiary/aromatic N) is 1. The highest BCUT2D eigenvalue weighted by Gasteiger charge is 2.41. The number of hydrogen-bond acceptors (Lipinski definition) is 6. The molecule has 178 valence electrons. The Labute approximate surface area is 198 Å². The molecule has 0 spiro atoms. The van der Waals surface area contributed by atoms with Gasteiger partial charge in [0.25, 0.3) is 0 Å². The Balaban J connectivity index is 1.80. The van der Waals surface area contributed by atoms with Gasteiger partial charge in [-0.1, -0.05) is 30.3 Å². The van der Waals surface area contributed by atoms with Crippen LogP contribution in [0, 0.1) is 0 Å². The summed E-state index contributed by atoms with van der Waals surface area (Å²) in [4.78, 5) is 29.5. The molecule has 1 aliphatic heterocycles. The molecule has 2 heterocycles. The minimum atomic E-state index is -0.865. The van der Waals surface area contributed by atoms with Crippen LogP contribution in [0.1, 0.15) is 28.6 Å². The number of nitrogens with one attached hydrogen (secondary N) is 1. The van der Waals surface area contributed by atoms with Crippen LogP contribution >= 0.6 is 0 Å². The molecule has 3 aromatic rings. The molecule has 0 bridgehead atoms. The number of amides is 1. The minimum Gasteiger partial charge on any atom is -0.868 e. The van der Waals surface area contributed by atoms with Crippen LogP contribution in [-0.2, 0) is 4.79 Å². The maximum Gasteiger partial charge on any atom is 0.239 e. The second-order valence-electron chi connectivity index (χ2n) is 8.51. The van der Waals surface area contributed by atoms with Gasteiger partial charge in [-0.3, -0.25) is 9.59 Å². The second kappa shape index (κ2) is 9.61. The molecule has 4 rings (SSSR count). The predicted molar refractivity (Wildman–Crippen MR) is 124 cm³/mol. The van der Waals surface area contributed by atoms with E-state index in [9.17, 15) is 14.7 Å². The van der Waals surface area contributed by atoms with E-state index in [0.717, 1.165) is 6.54 Å². The molecule has 1 atom stereocenters. The molecule has 0 radical (unpaired) electrons. The van der Waals surface area contributed by atoms with Crippen molar-refractivity contribution < 1.29 is 33.5 Å². The van der Waals surface area contributed by atoms with Gasteiger partial charge in [0.1, 0.15) is 5.75 Å². The number of hydrogen-bond donors (Lipinski definition) is 1. The highest BCUT2D eigenvalue weighted by atomic mass is 16.5. The molecule has 0 fully saturated rings. The van der Waals surface area contributed by atoms with Crippen molar-refractivity contribution in [3.05, 3.63) is 71.2 Å². The van der Waals surface area contributed by atoms with Crippen LogP contribution in [0.5, 0.6) is 11.5 Å². The van der Waals surface area contributed by atoms with Gasteiger partial charge < -0.3 is 28.8 Å². The zero-order valence-corrected chi connectivity index (χ0v) is 19.7. The van der Waals surface area contributed by atoms with Crippen molar-refractivity contribution in [2.24, 2.45) is 0 Å². The fourth-order valence-corrected chi connectivity index (χ4v) is 4.36. The van der Waals surface area contributed by atoms with Gasteiger partial charge in [0, 0.05) is 29.5 Å². The lowest BCUT2D eigenvalue weighted by molar-refractivity contribution is -0.858. The number of quaternary nitrogens is 1. The molecule has 1 unspecified atom stereocenters. The summed E-state index contributed by atoms with van der Waals surface area (Å²) in [6.07, 6.45) is 0.677. The third-order valence-electron chi connectivity index (χ3n) is 5.99. The monoisotopic (exact) mass is 464 g/mol. The van der Waals surface area contributed by atoms with Gasteiger partial charge >= 0.3 is 0 Å². The van der Waals surface area contributed by atoms with Crippen LogP contribution in [0.3, 0.4) is 0 Å². The van der Waals surface area contributed by atoms with Crippen molar-refractivity contribution in [2.75, 3.05) is 41.4 Å². The third-order valence-corrected chi connectivity index (χ3v) is 5.99. The average molecular weight is 465 g/mol. The summed E-state index contributed by atoms with van der Waals surface area (Å²) in [6.45, 7) is 1.15. The number of benzene rings is 2. The molecule has 8 heteroatoms. The minimum absolute atomic E-state index is 0.0184. The molecule has 0 saturated carbocycles. The molecule has 34 heavy (non-hydrogen) atoms. The van der Waals surface area contributed by atoms with E-state index in [2.05, 4.69) is 0 Å². The SMILES string of the molecule is COc1ccccc1C1C(C(=O)c2cc3cccc(OC)c3o2)=C([O-])C(=O)N1CCC[NH+](C)C. The molecule has 8 nitrogen and oxygen atoms in total. The lowest BCUT2D eigenvalue weighted by atomic mass is 9.94. The summed E-state index contributed by atoms with van der Waals surface area (Å²) in [7, 11) is 7.07. The first-order chi connectivity index (χ1) is 16.4. The normalized spacial score (nSPS) is 16.1. The molecule has 1 aliphatic rings. The lowest BCUT2D eigenvalue weighted by Crippen LogP contribution is -3.05. The van der Waals surface area contributed by atoms with Gasteiger partial charge in [-0.25, -0.2) is 0 Å². The molecule has 1 amide bonds. The Morgan fingerprint density at radius 3 is 2.50 bits per heavy atom. The van der Waals surface area contributed by atoms with Crippen molar-refractivity contribution >= 4 is 22.7 Å². The van der Waals surface area contributed by atoms with Gasteiger partial charge in [-0.2, -0.15) is 0 Å². The first kappa shape index (κ1) is 23.4. The number of para-hydroxylation sites is 2. The molecule has 1 aromatic heterocycles. The van der Waals surface area contributed by atoms with E-state index in [1.165, 1.54) is 24.0 Å². The Morgan fingerprint density at radius 1 is 1.09 bits per heavy atom. The lowest BCUT2D eigenvalue weighted by Gasteiger charge is -2.28. The second-order valence-corrected chi connectivity index (χ2v) is 8.51. The van der Waals surface area contributed by atoms with E-state index in [1.54, 1.807) is 48.5 Å². The van der Waals surface area contributed by atoms with E-state index >= 15 is 0 Å². The van der Waals surface area contributed by atoms with E-state index < -0.39 is 23.5 Å². The molecular weight excluding hydrogens is 436 g/mol. The van der Waals surface area contributed by atoms with E-state index in [0.29, 0.717) is 41.0 Å². The summed E-state index contributed by atoms with van der Waals surface area (Å²) >= 11 is 0. The van der Waals surface area contributed by atoms with Crippen molar-refractivity contribution in [1.29, 1.82) is 0 Å². The Morgan fingerprint density at radius 2 is 1.79 bits per heavy atom. The fraction of sp³-hybridized carbons (Fsp3) is 0.308. The first-order valence-corrected chi connectivity index (χ1v) is 11.1. The number of carbonyl (C=O) groups excluding carboxylic acids is 2. The van der Waals surface area contributed by atoms with Crippen LogP contribution in [0.15, 0.2) is 64.3 Å². The number of methoxy groups -OCH3 is 2. The Bertz CT molecular complexity index is 1260. The summed E-state index contributed by atoms with van der Waals surface area (Å²) in [5.74, 6) is -1.17. The predicted octanol–water partition coefficient (Wildman–Crippen LogP) is 1.37. The van der Waals surface area contributed by atoms with E-state index in [4.69, 9.17) is 13.9 Å². The number of fused-ring (bicyclic) bond motifs is 1. The summed E-state index contributed by atoms with van der Waals surface area (Å²) in [5.41, 5.74) is 0.855. The highest BCUT2D eigenvalue weighted by Crippen LogP contribution is 2.42. The smallest absolute Gasteiger partial charge is 0.239 e. The Kier molecular flexibility index (Phi) is 6.61. The van der Waals surface area contributed by atoms with Crippen LogP contribution in [-0.4, -0.2) is 58.0 Å². The number of carbonyl (C=O) groups is 2. The van der Waals surface area contributed by atoms with Crippen LogP contribution in [0.25, 0.3) is 11.0 Å². The van der Waals surface area contributed by atoms with Crippen molar-refractivity contribution in [3.8, 4) is 11.5 Å². The highest BCUT2D eigenvalue weighted by molar-refractivity contribution is 6.16. The van der Waals surface area contributed by atoms with Gasteiger partial charge in [0.05, 0.1) is 40.9 Å². The van der Waals surface area contributed by atoms with Gasteiger partial charge in [-0.15, -0.1) is 0 Å². The molecule has 2 aromatic carbocycles. The molecule has 0 aliphatic carbocycles. The van der Waals surface area contributed by atoms with Crippen molar-refractivity contribution in [1.82, 2.24) is 4.90 Å². The van der Waals surface area contributed by atoms with Crippen LogP contribution in [0.4, 0.5) is 0 Å². The summed E-state index contributed by atoms with van der Waals surface area (Å²) in [5, 5.41) is 13.9. The van der Waals surface area contributed by atoms with E-state index in [-0.39, 0.29) is 11.3 Å². The standard InChI is InChI=1S/C26H28N2O6/c1-27(2)13-8-14-28-22(17-10-5-6-11-18(17)32-3)21(24(30)26(28)31)23(29)20-15-16-9-7-12-19(33-4)25(16)34-20/h5-7,9-12,15,22,30H,8,13-14H2,1-4H3.